The largest absolute Gasteiger partial charge is 0.500 e. The Balaban J connectivity index is 3.93. The van der Waals surface area contributed by atoms with E-state index in [2.05, 4.69) is 20.7 Å². The van der Waals surface area contributed by atoms with Gasteiger partial charge in [-0.1, -0.05) is 15.9 Å². The molecule has 3 nitrogen and oxygen atoms in total. The monoisotopic (exact) mass is 222 g/mol. The second-order valence-corrected chi connectivity index (χ2v) is 2.26. The Hall–Kier alpha value is -0.510. The zero-order valence-corrected chi connectivity index (χ0v) is 8.18. The standard InChI is InChI=1S/C7H11BrO3/c1-3-11-7(9)4-6(5-8)10-2/h4H,3,5H2,1-2H3. The quantitative estimate of drug-likeness (QED) is 0.313. The molecule has 0 N–H and O–H groups in total. The van der Waals surface area contributed by atoms with Crippen molar-refractivity contribution in [3.8, 4) is 0 Å². The van der Waals surface area contributed by atoms with E-state index in [0.717, 1.165) is 0 Å². The van der Waals surface area contributed by atoms with E-state index in [1.165, 1.54) is 13.2 Å². The van der Waals surface area contributed by atoms with Crippen LogP contribution in [0.3, 0.4) is 0 Å². The van der Waals surface area contributed by atoms with Crippen molar-refractivity contribution in [1.29, 1.82) is 0 Å². The minimum absolute atomic E-state index is 0.371. The molecule has 64 valence electrons. The molecule has 0 aliphatic rings. The van der Waals surface area contributed by atoms with Gasteiger partial charge >= 0.3 is 5.97 Å². The van der Waals surface area contributed by atoms with Crippen molar-refractivity contribution in [2.24, 2.45) is 0 Å². The summed E-state index contributed by atoms with van der Waals surface area (Å²) in [7, 11) is 1.51. The number of halogens is 1. The molecule has 0 radical (unpaired) electrons. The summed E-state index contributed by atoms with van der Waals surface area (Å²) in [4.78, 5) is 10.8. The van der Waals surface area contributed by atoms with E-state index >= 15 is 0 Å². The molecule has 0 saturated heterocycles. The highest BCUT2D eigenvalue weighted by molar-refractivity contribution is 9.09. The van der Waals surface area contributed by atoms with Gasteiger partial charge in [0.1, 0.15) is 5.76 Å². The first-order valence-electron chi connectivity index (χ1n) is 3.21. The maximum absolute atomic E-state index is 10.8. The van der Waals surface area contributed by atoms with Gasteiger partial charge < -0.3 is 9.47 Å². The molecule has 0 heterocycles. The van der Waals surface area contributed by atoms with Crippen LogP contribution in [-0.4, -0.2) is 25.0 Å². The van der Waals surface area contributed by atoms with Crippen LogP contribution in [0.4, 0.5) is 0 Å². The molecule has 0 aliphatic carbocycles. The zero-order chi connectivity index (χ0) is 8.69. The van der Waals surface area contributed by atoms with Crippen molar-refractivity contribution >= 4 is 21.9 Å². The van der Waals surface area contributed by atoms with Gasteiger partial charge in [0.05, 0.1) is 25.1 Å². The fraction of sp³-hybridized carbons (Fsp3) is 0.571. The van der Waals surface area contributed by atoms with Crippen molar-refractivity contribution in [3.63, 3.8) is 0 Å². The van der Waals surface area contributed by atoms with E-state index in [9.17, 15) is 4.79 Å². The van der Waals surface area contributed by atoms with Crippen molar-refractivity contribution in [2.75, 3.05) is 19.0 Å². The molecule has 0 aromatic rings. The lowest BCUT2D eigenvalue weighted by Crippen LogP contribution is -2.02. The summed E-state index contributed by atoms with van der Waals surface area (Å²) < 4.78 is 9.49. The number of allylic oxidation sites excluding steroid dienone is 1. The highest BCUT2D eigenvalue weighted by Crippen LogP contribution is 2.00. The molecule has 0 atom stereocenters. The SMILES string of the molecule is CCOC(=O)C=C(CBr)OC. The van der Waals surface area contributed by atoms with E-state index in [4.69, 9.17) is 4.74 Å². The molecule has 0 fully saturated rings. The van der Waals surface area contributed by atoms with Crippen LogP contribution in [0.25, 0.3) is 0 Å². The van der Waals surface area contributed by atoms with Gasteiger partial charge in [0, 0.05) is 0 Å². The van der Waals surface area contributed by atoms with Crippen LogP contribution in [0.15, 0.2) is 11.8 Å². The third-order valence-corrected chi connectivity index (χ3v) is 1.51. The smallest absolute Gasteiger partial charge is 0.334 e. The van der Waals surface area contributed by atoms with Crippen molar-refractivity contribution in [2.45, 2.75) is 6.92 Å². The lowest BCUT2D eigenvalue weighted by molar-refractivity contribution is -0.137. The molecular formula is C7H11BrO3. The zero-order valence-electron chi connectivity index (χ0n) is 6.59. The number of carbonyl (C=O) groups excluding carboxylic acids is 1. The molecule has 0 aromatic carbocycles. The second-order valence-electron chi connectivity index (χ2n) is 1.70. The lowest BCUT2D eigenvalue weighted by Gasteiger charge is -2.00. The Morgan fingerprint density at radius 1 is 1.64 bits per heavy atom. The van der Waals surface area contributed by atoms with Crippen molar-refractivity contribution in [3.05, 3.63) is 11.8 Å². The number of carbonyl (C=O) groups is 1. The summed E-state index contributed by atoms with van der Waals surface area (Å²) in [5, 5.41) is 0.516. The van der Waals surface area contributed by atoms with E-state index in [1.54, 1.807) is 6.92 Å². The van der Waals surface area contributed by atoms with Crippen LogP contribution in [-0.2, 0) is 14.3 Å². The van der Waals surface area contributed by atoms with Gasteiger partial charge in [-0.3, -0.25) is 0 Å². The summed E-state index contributed by atoms with van der Waals surface area (Å²) in [5.41, 5.74) is 0. The number of esters is 1. The Kier molecular flexibility index (Phi) is 5.93. The van der Waals surface area contributed by atoms with Gasteiger partial charge in [0.15, 0.2) is 0 Å². The van der Waals surface area contributed by atoms with Crippen LogP contribution in [0.1, 0.15) is 6.92 Å². The average molecular weight is 223 g/mol. The van der Waals surface area contributed by atoms with Gasteiger partial charge in [-0.05, 0) is 6.92 Å². The van der Waals surface area contributed by atoms with Crippen LogP contribution in [0.2, 0.25) is 0 Å². The first kappa shape index (κ1) is 10.5. The molecule has 0 aromatic heterocycles. The fourth-order valence-corrected chi connectivity index (χ4v) is 0.858. The van der Waals surface area contributed by atoms with Gasteiger partial charge in [-0.2, -0.15) is 0 Å². The number of ether oxygens (including phenoxy) is 2. The first-order chi connectivity index (χ1) is 5.24. The maximum atomic E-state index is 10.8. The van der Waals surface area contributed by atoms with Crippen LogP contribution >= 0.6 is 15.9 Å². The van der Waals surface area contributed by atoms with E-state index in [-0.39, 0.29) is 5.97 Å². The predicted molar refractivity (Wildman–Crippen MR) is 45.5 cm³/mol. The molecule has 0 unspecified atom stereocenters. The van der Waals surface area contributed by atoms with Crippen LogP contribution in [0, 0.1) is 0 Å². The summed E-state index contributed by atoms with van der Waals surface area (Å²) in [6, 6.07) is 0. The van der Waals surface area contributed by atoms with Crippen molar-refractivity contribution < 1.29 is 14.3 Å². The first-order valence-corrected chi connectivity index (χ1v) is 4.34. The Bertz CT molecular complexity index is 148. The van der Waals surface area contributed by atoms with E-state index in [0.29, 0.717) is 17.7 Å². The van der Waals surface area contributed by atoms with Gasteiger partial charge in [-0.15, -0.1) is 0 Å². The minimum atomic E-state index is -0.371. The molecule has 4 heteroatoms. The summed E-state index contributed by atoms with van der Waals surface area (Å²) in [6.45, 7) is 2.14. The summed E-state index contributed by atoms with van der Waals surface area (Å²) in [5.74, 6) is 0.187. The molecule has 0 rings (SSSR count). The number of rotatable bonds is 4. The molecule has 0 aliphatic heterocycles. The van der Waals surface area contributed by atoms with Crippen LogP contribution in [0.5, 0.6) is 0 Å². The van der Waals surface area contributed by atoms with Crippen molar-refractivity contribution in [1.82, 2.24) is 0 Å². The highest BCUT2D eigenvalue weighted by Gasteiger charge is 1.99. The summed E-state index contributed by atoms with van der Waals surface area (Å²) in [6.07, 6.45) is 1.32. The normalized spacial score (nSPS) is 11.0. The topological polar surface area (TPSA) is 35.5 Å². The van der Waals surface area contributed by atoms with Gasteiger partial charge in [0.2, 0.25) is 0 Å². The number of hydrogen-bond acceptors (Lipinski definition) is 3. The second kappa shape index (κ2) is 6.22. The minimum Gasteiger partial charge on any atom is -0.500 e. The highest BCUT2D eigenvalue weighted by atomic mass is 79.9. The lowest BCUT2D eigenvalue weighted by atomic mass is 10.5. The molecule has 0 bridgehead atoms. The molecule has 0 amide bonds. The number of alkyl halides is 1. The molecule has 11 heavy (non-hydrogen) atoms. The Morgan fingerprint density at radius 3 is 2.64 bits per heavy atom. The summed E-state index contributed by atoms with van der Waals surface area (Å²) >= 11 is 3.15. The van der Waals surface area contributed by atoms with Crippen LogP contribution < -0.4 is 0 Å². The van der Waals surface area contributed by atoms with E-state index in [1.807, 2.05) is 0 Å². The molecule has 0 saturated carbocycles. The third-order valence-electron chi connectivity index (χ3n) is 0.959. The van der Waals surface area contributed by atoms with Gasteiger partial charge in [0.25, 0.3) is 0 Å². The molecular weight excluding hydrogens is 212 g/mol. The Labute approximate surface area is 74.5 Å². The van der Waals surface area contributed by atoms with E-state index < -0.39 is 0 Å². The fourth-order valence-electron chi connectivity index (χ4n) is 0.467. The number of hydrogen-bond donors (Lipinski definition) is 0. The maximum Gasteiger partial charge on any atom is 0.334 e. The van der Waals surface area contributed by atoms with Gasteiger partial charge in [-0.25, -0.2) is 4.79 Å². The molecule has 0 spiro atoms. The number of methoxy groups -OCH3 is 1. The predicted octanol–water partition coefficient (Wildman–Crippen LogP) is 1.47. The average Bonchev–Trinajstić information content (AvgIpc) is 2.01. The Morgan fingerprint density at radius 2 is 2.27 bits per heavy atom. The third kappa shape index (κ3) is 4.84.